The molecule has 2 fully saturated rings. The molecule has 142 valence electrons. The van der Waals surface area contributed by atoms with Crippen LogP contribution in [0.1, 0.15) is 75.3 Å². The number of rotatable bonds is 6. The van der Waals surface area contributed by atoms with E-state index in [0.29, 0.717) is 18.5 Å². The monoisotopic (exact) mass is 357 g/mol. The predicted molar refractivity (Wildman–Crippen MR) is 102 cm³/mol. The molecule has 2 aliphatic rings. The second kappa shape index (κ2) is 9.20. The highest BCUT2D eigenvalue weighted by molar-refractivity contribution is 5.79. The summed E-state index contributed by atoms with van der Waals surface area (Å²) in [5, 5.41) is 8.88. The van der Waals surface area contributed by atoms with Gasteiger partial charge in [0.05, 0.1) is 12.8 Å². The number of nitrogens with zero attached hydrogens (tertiary/aromatic N) is 1. The fourth-order valence-electron chi connectivity index (χ4n) is 4.64. The minimum absolute atomic E-state index is 0.0322. The smallest absolute Gasteiger partial charge is 0.307 e. The molecule has 2 saturated carbocycles. The van der Waals surface area contributed by atoms with Crippen molar-refractivity contribution in [2.75, 3.05) is 0 Å². The lowest BCUT2D eigenvalue weighted by molar-refractivity contribution is -0.137. The number of amides is 1. The van der Waals surface area contributed by atoms with E-state index in [9.17, 15) is 9.59 Å². The zero-order valence-corrected chi connectivity index (χ0v) is 15.7. The zero-order valence-electron chi connectivity index (χ0n) is 15.7. The van der Waals surface area contributed by atoms with Gasteiger partial charge in [0.25, 0.3) is 0 Å². The van der Waals surface area contributed by atoms with Crippen LogP contribution in [0.4, 0.5) is 0 Å². The van der Waals surface area contributed by atoms with Crippen LogP contribution in [-0.2, 0) is 22.4 Å². The molecule has 0 atom stereocenters. The van der Waals surface area contributed by atoms with E-state index in [1.54, 1.807) is 0 Å². The maximum Gasteiger partial charge on any atom is 0.307 e. The molecule has 1 aromatic rings. The highest BCUT2D eigenvalue weighted by Crippen LogP contribution is 2.30. The maximum atomic E-state index is 13.2. The van der Waals surface area contributed by atoms with Crippen LogP contribution in [-0.4, -0.2) is 34.0 Å². The normalized spacial score (nSPS) is 19.2. The summed E-state index contributed by atoms with van der Waals surface area (Å²) in [5.74, 6) is -0.565. The van der Waals surface area contributed by atoms with Crippen LogP contribution >= 0.6 is 0 Å². The molecule has 0 saturated heterocycles. The van der Waals surface area contributed by atoms with Crippen molar-refractivity contribution < 1.29 is 14.7 Å². The fourth-order valence-corrected chi connectivity index (χ4v) is 4.64. The lowest BCUT2D eigenvalue weighted by Crippen LogP contribution is -2.49. The van der Waals surface area contributed by atoms with E-state index in [2.05, 4.69) is 4.90 Å². The van der Waals surface area contributed by atoms with Crippen molar-refractivity contribution in [1.82, 2.24) is 4.90 Å². The number of benzene rings is 1. The number of carbonyl (C=O) groups is 2. The quantitative estimate of drug-likeness (QED) is 0.823. The summed E-state index contributed by atoms with van der Waals surface area (Å²) in [6.07, 6.45) is 12.6. The number of hydrogen-bond donors (Lipinski definition) is 1. The van der Waals surface area contributed by atoms with Gasteiger partial charge in [0.1, 0.15) is 0 Å². The molecule has 0 heterocycles. The highest BCUT2D eigenvalue weighted by atomic mass is 16.4. The van der Waals surface area contributed by atoms with E-state index >= 15 is 0 Å². The van der Waals surface area contributed by atoms with Gasteiger partial charge in [-0.25, -0.2) is 0 Å². The lowest BCUT2D eigenvalue weighted by atomic mass is 9.88. The van der Waals surface area contributed by atoms with Crippen molar-refractivity contribution in [1.29, 1.82) is 0 Å². The first-order valence-corrected chi connectivity index (χ1v) is 10.2. The molecule has 1 N–H and O–H groups in total. The second-order valence-corrected chi connectivity index (χ2v) is 7.95. The Morgan fingerprint density at radius 2 is 1.19 bits per heavy atom. The van der Waals surface area contributed by atoms with E-state index in [0.717, 1.165) is 36.8 Å². The average Bonchev–Trinajstić information content (AvgIpc) is 2.65. The summed E-state index contributed by atoms with van der Waals surface area (Å²) in [6.45, 7) is 0. The third-order valence-electron chi connectivity index (χ3n) is 5.96. The SMILES string of the molecule is O=C(O)Cc1ccc(CC(=O)N(C2CCCCC2)C2CCCCC2)cc1. The number of aliphatic carboxylic acids is 1. The van der Waals surface area contributed by atoms with E-state index in [1.807, 2.05) is 24.3 Å². The Bertz CT molecular complexity index is 580. The van der Waals surface area contributed by atoms with Crippen molar-refractivity contribution >= 4 is 11.9 Å². The standard InChI is InChI=1S/C22H31NO3/c24-21(15-17-11-13-18(14-12-17)16-22(25)26)23(19-7-3-1-4-8-19)20-9-5-2-6-10-20/h11-14,19-20H,1-10,15-16H2,(H,25,26). The van der Waals surface area contributed by atoms with Gasteiger partial charge in [-0.3, -0.25) is 9.59 Å². The Morgan fingerprint density at radius 1 is 0.769 bits per heavy atom. The molecule has 2 aliphatic carbocycles. The van der Waals surface area contributed by atoms with E-state index in [4.69, 9.17) is 5.11 Å². The first-order valence-electron chi connectivity index (χ1n) is 10.2. The van der Waals surface area contributed by atoms with Crippen molar-refractivity contribution in [3.05, 3.63) is 35.4 Å². The summed E-state index contributed by atoms with van der Waals surface area (Å²) < 4.78 is 0. The largest absolute Gasteiger partial charge is 0.481 e. The first kappa shape index (κ1) is 18.9. The molecule has 3 rings (SSSR count). The Morgan fingerprint density at radius 3 is 1.62 bits per heavy atom. The Balaban J connectivity index is 1.68. The molecule has 1 amide bonds. The molecule has 4 heteroatoms. The maximum absolute atomic E-state index is 13.2. The second-order valence-electron chi connectivity index (χ2n) is 7.95. The van der Waals surface area contributed by atoms with Crippen LogP contribution in [0.3, 0.4) is 0 Å². The number of hydrogen-bond acceptors (Lipinski definition) is 2. The van der Waals surface area contributed by atoms with Crippen LogP contribution in [0.15, 0.2) is 24.3 Å². The molecule has 26 heavy (non-hydrogen) atoms. The molecule has 1 aromatic carbocycles. The summed E-state index contributed by atoms with van der Waals surface area (Å²) in [5.41, 5.74) is 1.77. The minimum atomic E-state index is -0.824. The van der Waals surface area contributed by atoms with Crippen LogP contribution < -0.4 is 0 Å². The van der Waals surface area contributed by atoms with Gasteiger partial charge in [0.2, 0.25) is 5.91 Å². The van der Waals surface area contributed by atoms with Crippen LogP contribution in [0, 0.1) is 0 Å². The number of carbonyl (C=O) groups excluding carboxylic acids is 1. The van der Waals surface area contributed by atoms with Crippen LogP contribution in [0.5, 0.6) is 0 Å². The van der Waals surface area contributed by atoms with Gasteiger partial charge in [0.15, 0.2) is 0 Å². The highest BCUT2D eigenvalue weighted by Gasteiger charge is 2.32. The molecular weight excluding hydrogens is 326 g/mol. The van der Waals surface area contributed by atoms with Gasteiger partial charge in [-0.15, -0.1) is 0 Å². The van der Waals surface area contributed by atoms with Crippen molar-refractivity contribution in [2.24, 2.45) is 0 Å². The average molecular weight is 357 g/mol. The molecule has 0 aliphatic heterocycles. The van der Waals surface area contributed by atoms with Crippen LogP contribution in [0.25, 0.3) is 0 Å². The molecule has 0 bridgehead atoms. The van der Waals surface area contributed by atoms with Gasteiger partial charge < -0.3 is 10.0 Å². The third-order valence-corrected chi connectivity index (χ3v) is 5.96. The van der Waals surface area contributed by atoms with Crippen molar-refractivity contribution in [3.8, 4) is 0 Å². The van der Waals surface area contributed by atoms with E-state index in [1.165, 1.54) is 38.5 Å². The third kappa shape index (κ3) is 5.09. The van der Waals surface area contributed by atoms with Gasteiger partial charge >= 0.3 is 5.97 Å². The molecular formula is C22H31NO3. The van der Waals surface area contributed by atoms with Gasteiger partial charge in [0, 0.05) is 12.1 Å². The molecule has 0 unspecified atom stereocenters. The lowest BCUT2D eigenvalue weighted by Gasteiger charge is -2.42. The summed E-state index contributed by atoms with van der Waals surface area (Å²) >= 11 is 0. The van der Waals surface area contributed by atoms with Crippen LogP contribution in [0.2, 0.25) is 0 Å². The predicted octanol–water partition coefficient (Wildman–Crippen LogP) is 4.35. The minimum Gasteiger partial charge on any atom is -0.481 e. The van der Waals surface area contributed by atoms with Crippen molar-refractivity contribution in [3.63, 3.8) is 0 Å². The molecule has 0 radical (unpaired) electrons. The summed E-state index contributed by atoms with van der Waals surface area (Å²) in [4.78, 5) is 26.3. The Kier molecular flexibility index (Phi) is 6.70. The topological polar surface area (TPSA) is 57.6 Å². The molecule has 4 nitrogen and oxygen atoms in total. The first-order chi connectivity index (χ1) is 12.6. The Labute approximate surface area is 156 Å². The number of carboxylic acids is 1. The zero-order chi connectivity index (χ0) is 18.4. The summed E-state index contributed by atoms with van der Waals surface area (Å²) in [6, 6.07) is 8.34. The summed E-state index contributed by atoms with van der Waals surface area (Å²) in [7, 11) is 0. The van der Waals surface area contributed by atoms with Gasteiger partial charge in [-0.2, -0.15) is 0 Å². The van der Waals surface area contributed by atoms with Gasteiger partial charge in [-0.05, 0) is 36.8 Å². The van der Waals surface area contributed by atoms with Crippen molar-refractivity contribution in [2.45, 2.75) is 89.1 Å². The van der Waals surface area contributed by atoms with Gasteiger partial charge in [-0.1, -0.05) is 62.8 Å². The number of carboxylic acid groups (broad SMARTS) is 1. The Hall–Kier alpha value is -1.84. The fraction of sp³-hybridized carbons (Fsp3) is 0.636. The molecule has 0 spiro atoms. The van der Waals surface area contributed by atoms with E-state index < -0.39 is 5.97 Å². The molecule has 0 aromatic heterocycles. The van der Waals surface area contributed by atoms with E-state index in [-0.39, 0.29) is 12.3 Å².